The normalized spacial score (nSPS) is 24.5. The standard InChI is InChI=1S/C20H27N6O17P3/c1-9(10-4-12(37-2)13(38-3)5-11(10)26(29)30)41-45(33,34)43-46(35,36)42-44(31,32)39-6-14-16(27)17(28)20(40-14)25-8-24-15-18(21)22-7-23-19(15)25/h4-5,7-9,14,16-17,20,27-28H,6H2,1-3H3,(H,31,32)(H,33,34)(H,35,36)(H2,21,22,23)/t9?,14-,16-,17-,20-/m1/s1. The number of hydrogen-bond donors (Lipinski definition) is 6. The first-order valence-electron chi connectivity index (χ1n) is 12.5. The van der Waals surface area contributed by atoms with Crippen LogP contribution in [0.3, 0.4) is 0 Å². The van der Waals surface area contributed by atoms with Crippen LogP contribution in [0.5, 0.6) is 11.5 Å². The fourth-order valence-electron chi connectivity index (χ4n) is 4.26. The maximum Gasteiger partial charge on any atom is 0.490 e. The Bertz CT molecular complexity index is 1760. The summed E-state index contributed by atoms with van der Waals surface area (Å²) in [5.41, 5.74) is 5.00. The van der Waals surface area contributed by atoms with E-state index < -0.39 is 71.3 Å². The molecular weight excluding hydrogens is 689 g/mol. The molecule has 4 unspecified atom stereocenters. The number of aliphatic hydroxyl groups excluding tert-OH is 2. The fraction of sp³-hybridized carbons (Fsp3) is 0.450. The van der Waals surface area contributed by atoms with Crippen molar-refractivity contribution in [2.75, 3.05) is 26.6 Å². The van der Waals surface area contributed by atoms with Crippen molar-refractivity contribution in [2.45, 2.75) is 37.6 Å². The number of nitrogens with zero attached hydrogens (tertiary/aromatic N) is 5. The lowest BCUT2D eigenvalue weighted by Crippen LogP contribution is -2.33. The number of imidazole rings is 1. The predicted octanol–water partition coefficient (Wildman–Crippen LogP) is 1.08. The monoisotopic (exact) mass is 716 g/mol. The quantitative estimate of drug-likeness (QED) is 0.0772. The summed E-state index contributed by atoms with van der Waals surface area (Å²) in [6, 6.07) is 1.98. The Hall–Kier alpha value is -3.14. The molecule has 1 aliphatic heterocycles. The van der Waals surface area contributed by atoms with Crippen LogP contribution in [0.25, 0.3) is 11.2 Å². The van der Waals surface area contributed by atoms with Crippen LogP contribution in [0.4, 0.5) is 11.5 Å². The third-order valence-electron chi connectivity index (χ3n) is 6.27. The van der Waals surface area contributed by atoms with Gasteiger partial charge in [-0.05, 0) is 13.0 Å². The second-order valence-electron chi connectivity index (χ2n) is 9.26. The largest absolute Gasteiger partial charge is 0.493 e. The van der Waals surface area contributed by atoms with Crippen LogP contribution in [-0.2, 0) is 36.1 Å². The van der Waals surface area contributed by atoms with E-state index in [-0.39, 0.29) is 34.0 Å². The van der Waals surface area contributed by atoms with Gasteiger partial charge in [0.1, 0.15) is 30.2 Å². The minimum absolute atomic E-state index is 0.0141. The van der Waals surface area contributed by atoms with Crippen molar-refractivity contribution in [1.29, 1.82) is 0 Å². The number of hydrogen-bond acceptors (Lipinski definition) is 18. The average Bonchev–Trinajstić information content (AvgIpc) is 3.50. The topological polar surface area (TPSA) is 330 Å². The Kier molecular flexibility index (Phi) is 10.5. The van der Waals surface area contributed by atoms with Gasteiger partial charge in [0, 0.05) is 0 Å². The Balaban J connectivity index is 1.40. The Morgan fingerprint density at radius 2 is 1.65 bits per heavy atom. The molecule has 0 amide bonds. The highest BCUT2D eigenvalue weighted by Gasteiger charge is 2.47. The van der Waals surface area contributed by atoms with E-state index in [9.17, 15) is 48.7 Å². The summed E-state index contributed by atoms with van der Waals surface area (Å²) in [6.07, 6.45) is -5.68. The molecule has 2 aromatic heterocycles. The summed E-state index contributed by atoms with van der Waals surface area (Å²) >= 11 is 0. The van der Waals surface area contributed by atoms with Gasteiger partial charge in [0.15, 0.2) is 29.2 Å². The number of aromatic nitrogens is 4. The third kappa shape index (κ3) is 7.86. The van der Waals surface area contributed by atoms with Gasteiger partial charge in [-0.2, -0.15) is 8.62 Å². The maximum absolute atomic E-state index is 12.5. The lowest BCUT2D eigenvalue weighted by molar-refractivity contribution is -0.386. The first-order chi connectivity index (χ1) is 21.4. The van der Waals surface area contributed by atoms with Crippen LogP contribution >= 0.6 is 23.5 Å². The summed E-state index contributed by atoms with van der Waals surface area (Å²) in [6.45, 7) is 0.0202. The maximum atomic E-state index is 12.5. The van der Waals surface area contributed by atoms with E-state index in [1.807, 2.05) is 0 Å². The van der Waals surface area contributed by atoms with Gasteiger partial charge in [-0.15, -0.1) is 0 Å². The van der Waals surface area contributed by atoms with Crippen molar-refractivity contribution in [3.63, 3.8) is 0 Å². The van der Waals surface area contributed by atoms with Crippen molar-refractivity contribution < 1.29 is 75.4 Å². The number of rotatable bonds is 14. The van der Waals surface area contributed by atoms with Crippen LogP contribution < -0.4 is 15.2 Å². The number of nitro groups is 1. The van der Waals surface area contributed by atoms with Gasteiger partial charge in [-0.1, -0.05) is 0 Å². The molecule has 1 aliphatic rings. The Labute approximate surface area is 257 Å². The highest BCUT2D eigenvalue weighted by atomic mass is 31.3. The number of methoxy groups -OCH3 is 2. The number of nitrogens with two attached hydrogens (primary N) is 1. The van der Waals surface area contributed by atoms with Crippen molar-refractivity contribution in [3.8, 4) is 11.5 Å². The van der Waals surface area contributed by atoms with E-state index in [1.165, 1.54) is 25.1 Å². The van der Waals surface area contributed by atoms with Gasteiger partial charge in [0.25, 0.3) is 5.69 Å². The molecular formula is C20H27N6O17P3. The molecule has 8 atom stereocenters. The summed E-state index contributed by atoms with van der Waals surface area (Å²) in [5.74, 6) is -0.0784. The minimum Gasteiger partial charge on any atom is -0.493 e. The summed E-state index contributed by atoms with van der Waals surface area (Å²) in [4.78, 5) is 52.4. The fourth-order valence-corrected chi connectivity index (χ4v) is 7.93. The van der Waals surface area contributed by atoms with Crippen LogP contribution in [0, 0.1) is 10.1 Å². The van der Waals surface area contributed by atoms with Crippen LogP contribution in [0.1, 0.15) is 24.8 Å². The molecule has 0 aliphatic carbocycles. The first-order valence-corrected chi connectivity index (χ1v) is 17.0. The van der Waals surface area contributed by atoms with Gasteiger partial charge in [-0.3, -0.25) is 23.7 Å². The zero-order valence-electron chi connectivity index (χ0n) is 23.7. The van der Waals surface area contributed by atoms with E-state index in [0.717, 1.165) is 25.4 Å². The SMILES string of the molecule is COc1cc(C(C)OP(=O)(O)OP(=O)(O)OP(=O)(O)OC[C@H]2O[C@@H](n3cnc4c(N)ncnc43)[C@H](O)[C@@H]2O)c([N+](=O)[O-])cc1OC. The second kappa shape index (κ2) is 13.5. The van der Waals surface area contributed by atoms with E-state index in [4.69, 9.17) is 24.5 Å². The molecule has 1 saturated heterocycles. The highest BCUT2D eigenvalue weighted by Crippen LogP contribution is 2.68. The molecule has 254 valence electrons. The Morgan fingerprint density at radius 1 is 1.02 bits per heavy atom. The summed E-state index contributed by atoms with van der Waals surface area (Å²) in [5, 5.41) is 32.4. The van der Waals surface area contributed by atoms with Crippen LogP contribution in [0.2, 0.25) is 0 Å². The number of anilines is 1. The molecule has 0 radical (unpaired) electrons. The van der Waals surface area contributed by atoms with E-state index in [2.05, 4.69) is 28.1 Å². The number of fused-ring (bicyclic) bond motifs is 1. The molecule has 0 bridgehead atoms. The third-order valence-corrected chi connectivity index (χ3v) is 10.6. The average molecular weight is 716 g/mol. The number of nitrogen functional groups attached to an aromatic ring is 1. The smallest absolute Gasteiger partial charge is 0.490 e. The molecule has 1 aromatic carbocycles. The molecule has 3 aromatic rings. The zero-order valence-corrected chi connectivity index (χ0v) is 26.4. The Morgan fingerprint density at radius 3 is 2.28 bits per heavy atom. The lowest BCUT2D eigenvalue weighted by atomic mass is 10.1. The number of benzene rings is 1. The van der Waals surface area contributed by atoms with Gasteiger partial charge < -0.3 is 44.8 Å². The zero-order chi connectivity index (χ0) is 34.2. The van der Waals surface area contributed by atoms with Gasteiger partial charge >= 0.3 is 23.5 Å². The molecule has 1 fully saturated rings. The van der Waals surface area contributed by atoms with Crippen LogP contribution in [-0.4, -0.2) is 88.5 Å². The number of phosphoric acid groups is 3. The molecule has 4 rings (SSSR count). The van der Waals surface area contributed by atoms with Crippen molar-refractivity contribution in [2.24, 2.45) is 0 Å². The minimum atomic E-state index is -5.96. The molecule has 46 heavy (non-hydrogen) atoms. The lowest BCUT2D eigenvalue weighted by Gasteiger charge is -2.22. The number of phosphoric ester groups is 2. The number of ether oxygens (including phenoxy) is 3. The van der Waals surface area contributed by atoms with Crippen LogP contribution in [0.15, 0.2) is 24.8 Å². The van der Waals surface area contributed by atoms with Crippen molar-refractivity contribution in [1.82, 2.24) is 19.5 Å². The highest BCUT2D eigenvalue weighted by molar-refractivity contribution is 7.66. The van der Waals surface area contributed by atoms with Crippen molar-refractivity contribution >= 4 is 46.1 Å². The van der Waals surface area contributed by atoms with E-state index in [0.29, 0.717) is 0 Å². The van der Waals surface area contributed by atoms with Gasteiger partial charge in [0.2, 0.25) is 0 Å². The molecule has 0 spiro atoms. The number of nitro benzene ring substituents is 1. The molecule has 23 nitrogen and oxygen atoms in total. The van der Waals surface area contributed by atoms with Gasteiger partial charge in [0.05, 0.1) is 49.8 Å². The second-order valence-corrected chi connectivity index (χ2v) is 13.9. The predicted molar refractivity (Wildman–Crippen MR) is 149 cm³/mol. The molecule has 26 heteroatoms. The summed E-state index contributed by atoms with van der Waals surface area (Å²) in [7, 11) is -14.9. The first kappa shape index (κ1) is 35.7. The van der Waals surface area contributed by atoms with Gasteiger partial charge in [-0.25, -0.2) is 28.6 Å². The molecule has 3 heterocycles. The van der Waals surface area contributed by atoms with E-state index in [1.54, 1.807) is 0 Å². The number of aliphatic hydroxyl groups is 2. The summed E-state index contributed by atoms with van der Waals surface area (Å²) < 4.78 is 71.5. The molecule has 0 saturated carbocycles. The van der Waals surface area contributed by atoms with Crippen molar-refractivity contribution in [3.05, 3.63) is 40.5 Å². The molecule has 7 N–H and O–H groups in total. The van der Waals surface area contributed by atoms with E-state index >= 15 is 0 Å².